The average molecular weight is 382 g/mol. The van der Waals surface area contributed by atoms with Crippen LogP contribution in [0.25, 0.3) is 10.2 Å². The van der Waals surface area contributed by atoms with E-state index >= 15 is 0 Å². The Labute approximate surface area is 152 Å². The highest BCUT2D eigenvalue weighted by Crippen LogP contribution is 2.33. The molecule has 25 heavy (non-hydrogen) atoms. The molecule has 2 heterocycles. The van der Waals surface area contributed by atoms with Gasteiger partial charge in [-0.1, -0.05) is 12.1 Å². The molecule has 1 N–H and O–H groups in total. The maximum atomic E-state index is 12.3. The van der Waals surface area contributed by atoms with Gasteiger partial charge in [0.15, 0.2) is 0 Å². The summed E-state index contributed by atoms with van der Waals surface area (Å²) in [6.07, 6.45) is 2.94. The Bertz CT molecular complexity index is 822. The number of hydrogen-bond donors (Lipinski definition) is 1. The lowest BCUT2D eigenvalue weighted by molar-refractivity contribution is 0.179. The first-order chi connectivity index (χ1) is 11.8. The summed E-state index contributed by atoms with van der Waals surface area (Å²) >= 11 is 1.73. The maximum Gasteiger partial charge on any atom is 0.317 e. The zero-order valence-electron chi connectivity index (χ0n) is 14.4. The Balaban J connectivity index is 1.55. The Morgan fingerprint density at radius 3 is 2.68 bits per heavy atom. The van der Waals surface area contributed by atoms with Crippen molar-refractivity contribution in [1.29, 1.82) is 0 Å². The van der Waals surface area contributed by atoms with Gasteiger partial charge in [0.1, 0.15) is 9.84 Å². The number of para-hydroxylation sites is 1. The van der Waals surface area contributed by atoms with Crippen molar-refractivity contribution in [2.45, 2.75) is 31.7 Å². The van der Waals surface area contributed by atoms with Gasteiger partial charge in [-0.3, -0.25) is 0 Å². The molecule has 1 saturated heterocycles. The number of fused-ring (bicyclic) bond motifs is 1. The van der Waals surface area contributed by atoms with Gasteiger partial charge in [-0.2, -0.15) is 0 Å². The first kappa shape index (κ1) is 18.1. The molecule has 1 aromatic carbocycles. The van der Waals surface area contributed by atoms with Crippen LogP contribution in [0.5, 0.6) is 0 Å². The van der Waals surface area contributed by atoms with Crippen molar-refractivity contribution >= 4 is 37.4 Å². The second-order valence-corrected chi connectivity index (χ2v) is 9.97. The topological polar surface area (TPSA) is 79.4 Å². The van der Waals surface area contributed by atoms with Gasteiger partial charge >= 0.3 is 6.03 Å². The molecule has 136 valence electrons. The Kier molecular flexibility index (Phi) is 5.29. The molecule has 1 unspecified atom stereocenters. The largest absolute Gasteiger partial charge is 0.335 e. The number of hydrogen-bond acceptors (Lipinski definition) is 5. The quantitative estimate of drug-likeness (QED) is 0.883. The summed E-state index contributed by atoms with van der Waals surface area (Å²) in [5.74, 6) is 0.343. The maximum absolute atomic E-state index is 12.3. The van der Waals surface area contributed by atoms with Crippen LogP contribution in [0.3, 0.4) is 0 Å². The van der Waals surface area contributed by atoms with E-state index in [9.17, 15) is 13.2 Å². The second kappa shape index (κ2) is 7.29. The highest BCUT2D eigenvalue weighted by molar-refractivity contribution is 7.90. The van der Waals surface area contributed by atoms with Gasteiger partial charge in [-0.15, -0.1) is 11.3 Å². The van der Waals surface area contributed by atoms with Gasteiger partial charge in [0.2, 0.25) is 0 Å². The first-order valence-electron chi connectivity index (χ1n) is 8.40. The Hall–Kier alpha value is -1.67. The fourth-order valence-corrected chi connectivity index (χ4v) is 5.32. The normalized spacial score (nSPS) is 17.6. The number of thiazole rings is 1. The molecule has 0 radical (unpaired) electrons. The second-order valence-electron chi connectivity index (χ2n) is 6.72. The summed E-state index contributed by atoms with van der Waals surface area (Å²) in [6, 6.07) is 7.57. The van der Waals surface area contributed by atoms with E-state index in [2.05, 4.69) is 11.4 Å². The van der Waals surface area contributed by atoms with Gasteiger partial charge in [0, 0.05) is 31.3 Å². The molecule has 1 aliphatic rings. The zero-order chi connectivity index (χ0) is 18.0. The fourth-order valence-electron chi connectivity index (χ4n) is 3.19. The molecule has 1 atom stereocenters. The van der Waals surface area contributed by atoms with Crippen LogP contribution in [0, 0.1) is 0 Å². The Morgan fingerprint density at radius 1 is 1.36 bits per heavy atom. The van der Waals surface area contributed by atoms with Crippen LogP contribution in [-0.2, 0) is 9.84 Å². The molecule has 1 aromatic heterocycles. The number of carbonyl (C=O) groups is 1. The zero-order valence-corrected chi connectivity index (χ0v) is 16.1. The van der Waals surface area contributed by atoms with Crippen molar-refractivity contribution < 1.29 is 13.2 Å². The fraction of sp³-hybridized carbons (Fsp3) is 0.529. The molecule has 0 saturated carbocycles. The highest BCUT2D eigenvalue weighted by Gasteiger charge is 2.26. The molecule has 0 bridgehead atoms. The lowest BCUT2D eigenvalue weighted by Gasteiger charge is -2.32. The van der Waals surface area contributed by atoms with Crippen molar-refractivity contribution in [3.05, 3.63) is 29.3 Å². The van der Waals surface area contributed by atoms with Crippen molar-refractivity contribution in [1.82, 2.24) is 15.2 Å². The molecule has 0 aliphatic carbocycles. The van der Waals surface area contributed by atoms with Gasteiger partial charge in [0.25, 0.3) is 0 Å². The summed E-state index contributed by atoms with van der Waals surface area (Å²) < 4.78 is 23.8. The van der Waals surface area contributed by atoms with Gasteiger partial charge in [-0.25, -0.2) is 18.2 Å². The third-order valence-electron chi connectivity index (χ3n) is 4.36. The van der Waals surface area contributed by atoms with Gasteiger partial charge in [0.05, 0.1) is 21.0 Å². The third kappa shape index (κ3) is 4.70. The number of carbonyl (C=O) groups excluding carboxylic acids is 1. The predicted molar refractivity (Wildman–Crippen MR) is 101 cm³/mol. The number of piperidine rings is 1. The molecule has 2 aromatic rings. The van der Waals surface area contributed by atoms with E-state index in [1.807, 2.05) is 18.2 Å². The highest BCUT2D eigenvalue weighted by atomic mass is 32.2. The molecule has 1 fully saturated rings. The number of nitrogens with zero attached hydrogens (tertiary/aromatic N) is 2. The molecule has 8 heteroatoms. The van der Waals surface area contributed by atoms with Gasteiger partial charge in [-0.05, 0) is 31.9 Å². The summed E-state index contributed by atoms with van der Waals surface area (Å²) in [5, 5.41) is 3.92. The van der Waals surface area contributed by atoms with E-state index in [-0.39, 0.29) is 17.8 Å². The summed E-state index contributed by atoms with van der Waals surface area (Å²) in [7, 11) is -3.10. The number of amides is 2. The minimum atomic E-state index is -3.10. The number of rotatable bonds is 4. The minimum Gasteiger partial charge on any atom is -0.335 e. The van der Waals surface area contributed by atoms with Crippen LogP contribution in [0.1, 0.15) is 30.7 Å². The summed E-state index contributed by atoms with van der Waals surface area (Å²) in [5.41, 5.74) is 1.04. The molecule has 3 rings (SSSR count). The van der Waals surface area contributed by atoms with Crippen LogP contribution in [0.15, 0.2) is 24.3 Å². The molecule has 1 aliphatic heterocycles. The Morgan fingerprint density at radius 2 is 2.04 bits per heavy atom. The lowest BCUT2D eigenvalue weighted by Crippen LogP contribution is -2.48. The molecular weight excluding hydrogens is 358 g/mol. The van der Waals surface area contributed by atoms with E-state index < -0.39 is 9.84 Å². The number of urea groups is 1. The van der Waals surface area contributed by atoms with E-state index in [1.165, 1.54) is 11.0 Å². The van der Waals surface area contributed by atoms with Crippen LogP contribution >= 0.6 is 11.3 Å². The molecular formula is C17H23N3O3S2. The van der Waals surface area contributed by atoms with Crippen LogP contribution in [0.4, 0.5) is 4.79 Å². The molecule has 2 amide bonds. The van der Waals surface area contributed by atoms with Crippen LogP contribution in [-0.4, -0.2) is 55.5 Å². The number of likely N-dealkylation sites (tertiary alicyclic amines) is 1. The molecule has 0 spiro atoms. The van der Waals surface area contributed by atoms with Crippen LogP contribution in [0.2, 0.25) is 0 Å². The van der Waals surface area contributed by atoms with Gasteiger partial charge < -0.3 is 10.2 Å². The minimum absolute atomic E-state index is 0.0408. The van der Waals surface area contributed by atoms with Crippen molar-refractivity contribution in [3.63, 3.8) is 0 Å². The standard InChI is InChI=1S/C17H23N3O3S2/c1-12(11-25(2,22)23)18-17(21)20-9-7-13(8-10-20)16-19-14-5-3-4-6-15(14)24-16/h3-6,12-13H,7-11H2,1-2H3,(H,18,21). The number of sulfone groups is 1. The van der Waals surface area contributed by atoms with E-state index in [1.54, 1.807) is 23.2 Å². The first-order valence-corrected chi connectivity index (χ1v) is 11.3. The summed E-state index contributed by atoms with van der Waals surface area (Å²) in [6.45, 7) is 3.04. The lowest BCUT2D eigenvalue weighted by atomic mass is 9.98. The average Bonchev–Trinajstić information content (AvgIpc) is 2.97. The number of nitrogens with one attached hydrogen (secondary N) is 1. The van der Waals surface area contributed by atoms with Crippen molar-refractivity contribution in [2.24, 2.45) is 0 Å². The van der Waals surface area contributed by atoms with E-state index in [4.69, 9.17) is 4.98 Å². The summed E-state index contributed by atoms with van der Waals surface area (Å²) in [4.78, 5) is 18.8. The smallest absolute Gasteiger partial charge is 0.317 e. The monoisotopic (exact) mass is 381 g/mol. The number of benzene rings is 1. The van der Waals surface area contributed by atoms with Crippen LogP contribution < -0.4 is 5.32 Å². The van der Waals surface area contributed by atoms with Crippen molar-refractivity contribution in [3.8, 4) is 0 Å². The molecule has 6 nitrogen and oxygen atoms in total. The van der Waals surface area contributed by atoms with E-state index in [0.29, 0.717) is 19.0 Å². The third-order valence-corrected chi connectivity index (χ3v) is 6.67. The SMILES string of the molecule is CC(CS(C)(=O)=O)NC(=O)N1CCC(c2nc3ccccc3s2)CC1. The van der Waals surface area contributed by atoms with Crippen molar-refractivity contribution in [2.75, 3.05) is 25.1 Å². The van der Waals surface area contributed by atoms with E-state index in [0.717, 1.165) is 23.4 Å². The number of aromatic nitrogens is 1. The predicted octanol–water partition coefficient (Wildman–Crippen LogP) is 2.62.